The van der Waals surface area contributed by atoms with Crippen LogP contribution in [0.2, 0.25) is 0 Å². The fourth-order valence-electron chi connectivity index (χ4n) is 3.13. The first-order chi connectivity index (χ1) is 12.6. The highest BCUT2D eigenvalue weighted by Crippen LogP contribution is 2.13. The van der Waals surface area contributed by atoms with Crippen LogP contribution in [0.4, 0.5) is 0 Å². The number of aliphatic carboxylic acids is 1. The second-order valence-corrected chi connectivity index (χ2v) is 7.32. The van der Waals surface area contributed by atoms with Gasteiger partial charge in [-0.05, 0) is 6.42 Å². The molecule has 0 aromatic carbocycles. The summed E-state index contributed by atoms with van der Waals surface area (Å²) in [4.78, 5) is 22.6. The Labute approximate surface area is 159 Å². The van der Waals surface area contributed by atoms with Crippen molar-refractivity contribution in [2.24, 2.45) is 0 Å². The number of rotatable bonds is 19. The lowest BCUT2D eigenvalue weighted by molar-refractivity contribution is -0.142. The van der Waals surface area contributed by atoms with Gasteiger partial charge in [0.05, 0.1) is 0 Å². The summed E-state index contributed by atoms with van der Waals surface area (Å²) in [5, 5.41) is 20.2. The van der Waals surface area contributed by atoms with Gasteiger partial charge in [-0.2, -0.15) is 0 Å². The molecular weight excluding hydrogens is 330 g/mol. The number of carbonyl (C=O) groups excluding carboxylic acids is 1. The Balaban J connectivity index is 3.35. The van der Waals surface area contributed by atoms with Crippen LogP contribution in [-0.2, 0) is 9.59 Å². The Morgan fingerprint density at radius 1 is 0.769 bits per heavy atom. The Hall–Kier alpha value is -1.10. The molecule has 1 atom stereocenters. The predicted octanol–water partition coefficient (Wildman–Crippen LogP) is 4.81. The van der Waals surface area contributed by atoms with E-state index >= 15 is 0 Å². The molecule has 26 heavy (non-hydrogen) atoms. The molecule has 0 saturated heterocycles. The Morgan fingerprint density at radius 2 is 1.19 bits per heavy atom. The van der Waals surface area contributed by atoms with Crippen molar-refractivity contribution < 1.29 is 19.8 Å². The summed E-state index contributed by atoms with van der Waals surface area (Å²) in [5.74, 6) is -1.32. The molecule has 0 radical (unpaired) electrons. The topological polar surface area (TPSA) is 86.6 Å². The van der Waals surface area contributed by atoms with Crippen molar-refractivity contribution in [1.29, 1.82) is 0 Å². The minimum atomic E-state index is -1.09. The van der Waals surface area contributed by atoms with Crippen LogP contribution in [0, 0.1) is 0 Å². The zero-order chi connectivity index (χ0) is 19.5. The van der Waals surface area contributed by atoms with Gasteiger partial charge in [-0.15, -0.1) is 0 Å². The van der Waals surface area contributed by atoms with E-state index in [1.165, 1.54) is 70.6 Å². The normalized spacial score (nSPS) is 12.1. The van der Waals surface area contributed by atoms with Crippen LogP contribution < -0.4 is 5.32 Å². The summed E-state index contributed by atoms with van der Waals surface area (Å²) in [6.07, 6.45) is 18.2. The highest BCUT2D eigenvalue weighted by atomic mass is 16.4. The number of amides is 1. The molecule has 0 fully saturated rings. The average molecular weight is 372 g/mol. The van der Waals surface area contributed by atoms with Crippen molar-refractivity contribution in [3.8, 4) is 0 Å². The summed E-state index contributed by atoms with van der Waals surface area (Å²) >= 11 is 0. The van der Waals surface area contributed by atoms with Crippen LogP contribution >= 0.6 is 0 Å². The number of aliphatic hydroxyl groups excluding tert-OH is 1. The molecule has 0 unspecified atom stereocenters. The number of hydrogen-bond acceptors (Lipinski definition) is 3. The predicted molar refractivity (Wildman–Crippen MR) is 106 cm³/mol. The van der Waals surface area contributed by atoms with Crippen molar-refractivity contribution in [2.45, 2.75) is 116 Å². The van der Waals surface area contributed by atoms with Crippen LogP contribution in [0.5, 0.6) is 0 Å². The fraction of sp³-hybridized carbons (Fsp3) is 0.905. The van der Waals surface area contributed by atoms with Crippen LogP contribution in [0.25, 0.3) is 0 Å². The number of carboxylic acid groups (broad SMARTS) is 1. The molecule has 5 nitrogen and oxygen atoms in total. The van der Waals surface area contributed by atoms with Gasteiger partial charge in [-0.3, -0.25) is 4.79 Å². The van der Waals surface area contributed by atoms with Crippen LogP contribution in [0.3, 0.4) is 0 Å². The van der Waals surface area contributed by atoms with E-state index in [2.05, 4.69) is 12.2 Å². The van der Waals surface area contributed by atoms with Crippen molar-refractivity contribution in [3.63, 3.8) is 0 Å². The lowest BCUT2D eigenvalue weighted by Crippen LogP contribution is -2.41. The molecule has 1 amide bonds. The minimum absolute atomic E-state index is 0.0554. The van der Waals surface area contributed by atoms with Crippen LogP contribution in [0.15, 0.2) is 0 Å². The molecule has 0 aliphatic heterocycles. The summed E-state index contributed by atoms with van der Waals surface area (Å²) in [6.45, 7) is 2.01. The number of carbonyl (C=O) groups is 2. The maximum absolute atomic E-state index is 11.7. The third-order valence-electron chi connectivity index (χ3n) is 4.81. The third-order valence-corrected chi connectivity index (χ3v) is 4.81. The monoisotopic (exact) mass is 371 g/mol. The van der Waals surface area contributed by atoms with Gasteiger partial charge in [0, 0.05) is 19.4 Å². The van der Waals surface area contributed by atoms with Gasteiger partial charge in [0.1, 0.15) is 6.04 Å². The highest BCUT2D eigenvalue weighted by molar-refractivity contribution is 5.83. The number of nitrogens with one attached hydrogen (secondary N) is 1. The minimum Gasteiger partial charge on any atom is -0.480 e. The number of aliphatic hydroxyl groups is 1. The van der Waals surface area contributed by atoms with E-state index in [0.29, 0.717) is 6.42 Å². The highest BCUT2D eigenvalue weighted by Gasteiger charge is 2.18. The molecule has 5 heteroatoms. The van der Waals surface area contributed by atoms with Crippen molar-refractivity contribution >= 4 is 11.9 Å². The van der Waals surface area contributed by atoms with Gasteiger partial charge < -0.3 is 15.5 Å². The summed E-state index contributed by atoms with van der Waals surface area (Å²) in [7, 11) is 0. The smallest absolute Gasteiger partial charge is 0.326 e. The van der Waals surface area contributed by atoms with E-state index in [1.54, 1.807) is 0 Å². The van der Waals surface area contributed by atoms with E-state index in [9.17, 15) is 9.59 Å². The molecule has 0 spiro atoms. The standard InChI is InChI=1S/C21H41NO4/c1-2-3-4-5-6-7-8-9-10-11-12-13-14-15-16-20(24)22-19(17-18-23)21(25)26/h19,23H,2-18H2,1H3,(H,22,24)(H,25,26)/t19-/m0/s1. The number of hydrogen-bond donors (Lipinski definition) is 3. The molecule has 0 aromatic heterocycles. The third kappa shape index (κ3) is 16.4. The molecule has 154 valence electrons. The molecule has 0 bridgehead atoms. The molecule has 0 saturated carbocycles. The van der Waals surface area contributed by atoms with E-state index < -0.39 is 12.0 Å². The Morgan fingerprint density at radius 3 is 1.58 bits per heavy atom. The Kier molecular flexibility index (Phi) is 17.9. The first kappa shape index (κ1) is 24.9. The zero-order valence-corrected chi connectivity index (χ0v) is 16.8. The first-order valence-electron chi connectivity index (χ1n) is 10.7. The van der Waals surface area contributed by atoms with Crippen molar-refractivity contribution in [2.75, 3.05) is 6.61 Å². The largest absolute Gasteiger partial charge is 0.480 e. The molecular formula is C21H41NO4. The van der Waals surface area contributed by atoms with Crippen LogP contribution in [-0.4, -0.2) is 34.7 Å². The fourth-order valence-corrected chi connectivity index (χ4v) is 3.13. The second-order valence-electron chi connectivity index (χ2n) is 7.32. The maximum atomic E-state index is 11.7. The van der Waals surface area contributed by atoms with Gasteiger partial charge in [0.15, 0.2) is 0 Å². The summed E-state index contributed by atoms with van der Waals surface area (Å²) in [6, 6.07) is -0.973. The van der Waals surface area contributed by atoms with E-state index in [-0.39, 0.29) is 18.9 Å². The number of carboxylic acids is 1. The molecule has 0 aliphatic rings. The van der Waals surface area contributed by atoms with Crippen molar-refractivity contribution in [1.82, 2.24) is 5.32 Å². The second kappa shape index (κ2) is 18.7. The summed E-state index contributed by atoms with van der Waals surface area (Å²) in [5.41, 5.74) is 0. The first-order valence-corrected chi connectivity index (χ1v) is 10.7. The average Bonchev–Trinajstić information content (AvgIpc) is 2.61. The quantitative estimate of drug-likeness (QED) is 0.284. The molecule has 0 aliphatic carbocycles. The Bertz CT molecular complexity index is 347. The number of unbranched alkanes of at least 4 members (excludes halogenated alkanes) is 13. The maximum Gasteiger partial charge on any atom is 0.326 e. The molecule has 3 N–H and O–H groups in total. The van der Waals surface area contributed by atoms with Gasteiger partial charge in [0.25, 0.3) is 0 Å². The van der Waals surface area contributed by atoms with E-state index in [1.807, 2.05) is 0 Å². The van der Waals surface area contributed by atoms with Gasteiger partial charge in [-0.1, -0.05) is 90.4 Å². The van der Waals surface area contributed by atoms with Crippen LogP contribution in [0.1, 0.15) is 110 Å². The SMILES string of the molecule is CCCCCCCCCCCCCCCCC(=O)N[C@@H](CCO)C(=O)O. The van der Waals surface area contributed by atoms with Gasteiger partial charge in [0.2, 0.25) is 5.91 Å². The lowest BCUT2D eigenvalue weighted by Gasteiger charge is -2.12. The van der Waals surface area contributed by atoms with Gasteiger partial charge >= 0.3 is 5.97 Å². The lowest BCUT2D eigenvalue weighted by atomic mass is 10.0. The molecule has 0 heterocycles. The van der Waals surface area contributed by atoms with Crippen molar-refractivity contribution in [3.05, 3.63) is 0 Å². The van der Waals surface area contributed by atoms with Gasteiger partial charge in [-0.25, -0.2) is 4.79 Å². The molecule has 0 rings (SSSR count). The van der Waals surface area contributed by atoms with E-state index in [0.717, 1.165) is 19.3 Å². The summed E-state index contributed by atoms with van der Waals surface area (Å²) < 4.78 is 0. The molecule has 0 aromatic rings. The van der Waals surface area contributed by atoms with E-state index in [4.69, 9.17) is 10.2 Å². The zero-order valence-electron chi connectivity index (χ0n) is 16.8.